The lowest BCUT2D eigenvalue weighted by atomic mass is 9.94. The van der Waals surface area contributed by atoms with Gasteiger partial charge in [0.2, 0.25) is 0 Å². The first-order chi connectivity index (χ1) is 14.5. The zero-order valence-corrected chi connectivity index (χ0v) is 17.8. The minimum Gasteiger partial charge on any atom is -0.506 e. The Morgan fingerprint density at radius 2 is 1.97 bits per heavy atom. The van der Waals surface area contributed by atoms with Crippen LogP contribution >= 0.6 is 11.6 Å². The Balaban J connectivity index is 1.96. The van der Waals surface area contributed by atoms with Gasteiger partial charge in [-0.2, -0.15) is 0 Å². The van der Waals surface area contributed by atoms with E-state index in [1.54, 1.807) is 13.0 Å². The van der Waals surface area contributed by atoms with Crippen LogP contribution in [-0.4, -0.2) is 27.2 Å². The number of phenolic OH excluding ortho intramolecular Hbond substituents is 1. The zero-order valence-electron chi connectivity index (χ0n) is 17.0. The van der Waals surface area contributed by atoms with Crippen molar-refractivity contribution in [1.82, 2.24) is 9.55 Å². The molecule has 0 spiro atoms. The first kappa shape index (κ1) is 19.1. The molecule has 2 heterocycles. The number of aromatic amines is 1. The van der Waals surface area contributed by atoms with Gasteiger partial charge in [0.1, 0.15) is 5.75 Å². The predicted octanol–water partition coefficient (Wildman–Crippen LogP) is 5.83. The fraction of sp³-hybridized carbons (Fsp3) is 0.292. The van der Waals surface area contributed by atoms with Crippen LogP contribution in [0.4, 0.5) is 0 Å². The highest BCUT2D eigenvalue weighted by Gasteiger charge is 2.28. The van der Waals surface area contributed by atoms with Crippen molar-refractivity contribution in [3.05, 3.63) is 57.9 Å². The summed E-state index contributed by atoms with van der Waals surface area (Å²) < 4.78 is 7.45. The smallest absolute Gasteiger partial charge is 0.340 e. The maximum absolute atomic E-state index is 12.9. The van der Waals surface area contributed by atoms with Crippen molar-refractivity contribution in [2.24, 2.45) is 0 Å². The van der Waals surface area contributed by atoms with Crippen LogP contribution in [-0.2, 0) is 17.6 Å². The summed E-state index contributed by atoms with van der Waals surface area (Å²) in [6, 6.07) is 9.26. The van der Waals surface area contributed by atoms with E-state index in [0.717, 1.165) is 53.5 Å². The molecule has 0 unspecified atom stereocenters. The number of carbonyl (C=O) groups excluding carboxylic acids is 1. The standard InChI is InChI=1S/C24H23ClN2O3/c1-3-30-24(29)20-13(2)27(15-10-8-14(25)9-11-15)23-17(20)12-19(28)22-21(23)16-6-4-5-7-18(16)26-22/h8-12,26,28H,3-7H2,1-2H3. The van der Waals surface area contributed by atoms with E-state index in [1.165, 1.54) is 11.3 Å². The van der Waals surface area contributed by atoms with Gasteiger partial charge in [0, 0.05) is 32.9 Å². The van der Waals surface area contributed by atoms with E-state index < -0.39 is 0 Å². The van der Waals surface area contributed by atoms with Crippen LogP contribution in [0.25, 0.3) is 27.5 Å². The van der Waals surface area contributed by atoms with Crippen LogP contribution in [0.1, 0.15) is 47.1 Å². The number of halogens is 1. The number of benzene rings is 2. The average Bonchev–Trinajstić information content (AvgIpc) is 3.25. The summed E-state index contributed by atoms with van der Waals surface area (Å²) in [5.41, 5.74) is 6.25. The lowest BCUT2D eigenvalue weighted by molar-refractivity contribution is 0.0527. The molecule has 6 heteroatoms. The van der Waals surface area contributed by atoms with E-state index in [9.17, 15) is 9.90 Å². The van der Waals surface area contributed by atoms with Crippen LogP contribution < -0.4 is 0 Å². The van der Waals surface area contributed by atoms with Gasteiger partial charge in [-0.3, -0.25) is 0 Å². The number of aryl methyl sites for hydroxylation is 2. The van der Waals surface area contributed by atoms with E-state index in [4.69, 9.17) is 16.3 Å². The lowest BCUT2D eigenvalue weighted by Crippen LogP contribution is -2.07. The molecule has 5 rings (SSSR count). The predicted molar refractivity (Wildman–Crippen MR) is 119 cm³/mol. The Hall–Kier alpha value is -2.92. The number of carbonyl (C=O) groups is 1. The van der Waals surface area contributed by atoms with Gasteiger partial charge in [-0.25, -0.2) is 4.79 Å². The summed E-state index contributed by atoms with van der Waals surface area (Å²) in [5, 5.41) is 13.2. The summed E-state index contributed by atoms with van der Waals surface area (Å²) in [4.78, 5) is 16.4. The van der Waals surface area contributed by atoms with Crippen molar-refractivity contribution in [3.8, 4) is 11.4 Å². The van der Waals surface area contributed by atoms with Crippen molar-refractivity contribution in [3.63, 3.8) is 0 Å². The summed E-state index contributed by atoms with van der Waals surface area (Å²) in [6.45, 7) is 4.01. The molecule has 0 saturated heterocycles. The highest BCUT2D eigenvalue weighted by molar-refractivity contribution is 6.30. The third-order valence-corrected chi connectivity index (χ3v) is 6.33. The minimum absolute atomic E-state index is 0.158. The molecule has 4 aromatic rings. The third-order valence-electron chi connectivity index (χ3n) is 6.08. The number of nitrogens with one attached hydrogen (secondary N) is 1. The largest absolute Gasteiger partial charge is 0.506 e. The second-order valence-electron chi connectivity index (χ2n) is 7.82. The SMILES string of the molecule is CCOC(=O)c1c(C)n(-c2ccc(Cl)cc2)c2c1cc(O)c1[nH]c3c(c12)CCCC3. The Morgan fingerprint density at radius 3 is 2.70 bits per heavy atom. The van der Waals surface area contributed by atoms with E-state index in [2.05, 4.69) is 9.55 Å². The number of rotatable bonds is 3. The van der Waals surface area contributed by atoms with Crippen molar-refractivity contribution < 1.29 is 14.6 Å². The fourth-order valence-corrected chi connectivity index (χ4v) is 4.95. The quantitative estimate of drug-likeness (QED) is 0.408. The first-order valence-electron chi connectivity index (χ1n) is 10.3. The zero-order chi connectivity index (χ0) is 21.0. The van der Waals surface area contributed by atoms with Gasteiger partial charge in [-0.05, 0) is 75.4 Å². The van der Waals surface area contributed by atoms with Gasteiger partial charge in [-0.1, -0.05) is 11.6 Å². The molecule has 0 radical (unpaired) electrons. The number of hydrogen-bond donors (Lipinski definition) is 2. The van der Waals surface area contributed by atoms with Gasteiger partial charge >= 0.3 is 5.97 Å². The molecule has 0 amide bonds. The molecular formula is C24H23ClN2O3. The van der Waals surface area contributed by atoms with E-state index in [1.807, 2.05) is 31.2 Å². The lowest BCUT2D eigenvalue weighted by Gasteiger charge is -2.13. The number of esters is 1. The summed E-state index contributed by atoms with van der Waals surface area (Å²) >= 11 is 6.13. The summed E-state index contributed by atoms with van der Waals surface area (Å²) in [7, 11) is 0. The molecule has 0 saturated carbocycles. The highest BCUT2D eigenvalue weighted by Crippen LogP contribution is 2.43. The monoisotopic (exact) mass is 422 g/mol. The second kappa shape index (κ2) is 7.10. The van der Waals surface area contributed by atoms with Crippen LogP contribution in [0.5, 0.6) is 5.75 Å². The van der Waals surface area contributed by atoms with Crippen LogP contribution in [0.2, 0.25) is 5.02 Å². The molecule has 2 N–H and O–H groups in total. The van der Waals surface area contributed by atoms with Gasteiger partial charge < -0.3 is 19.4 Å². The molecule has 1 aliphatic carbocycles. The van der Waals surface area contributed by atoms with Crippen molar-refractivity contribution in [1.29, 1.82) is 0 Å². The molecule has 0 bridgehead atoms. The summed E-state index contributed by atoms with van der Waals surface area (Å²) in [6.07, 6.45) is 4.17. The Labute approximate surface area is 179 Å². The van der Waals surface area contributed by atoms with Gasteiger partial charge in [-0.15, -0.1) is 0 Å². The van der Waals surface area contributed by atoms with E-state index in [0.29, 0.717) is 22.6 Å². The number of fused-ring (bicyclic) bond motifs is 5. The maximum Gasteiger partial charge on any atom is 0.340 e. The van der Waals surface area contributed by atoms with Crippen molar-refractivity contribution >= 4 is 39.4 Å². The van der Waals surface area contributed by atoms with Crippen LogP contribution in [0.3, 0.4) is 0 Å². The highest BCUT2D eigenvalue weighted by atomic mass is 35.5. The number of aromatic hydroxyl groups is 1. The molecule has 30 heavy (non-hydrogen) atoms. The molecule has 0 fully saturated rings. The molecule has 0 aliphatic heterocycles. The summed E-state index contributed by atoms with van der Waals surface area (Å²) in [5.74, 6) is -0.221. The maximum atomic E-state index is 12.9. The van der Waals surface area contributed by atoms with Gasteiger partial charge in [0.25, 0.3) is 0 Å². The van der Waals surface area contributed by atoms with Crippen molar-refractivity contribution in [2.75, 3.05) is 6.61 Å². The number of phenols is 1. The molecule has 5 nitrogen and oxygen atoms in total. The number of ether oxygens (including phenoxy) is 1. The van der Waals surface area contributed by atoms with Crippen LogP contribution in [0, 0.1) is 6.92 Å². The second-order valence-corrected chi connectivity index (χ2v) is 8.26. The number of nitrogens with zero attached hydrogens (tertiary/aromatic N) is 1. The van der Waals surface area contributed by atoms with Gasteiger partial charge in [0.15, 0.2) is 0 Å². The topological polar surface area (TPSA) is 67.2 Å². The molecule has 2 aromatic heterocycles. The Morgan fingerprint density at radius 1 is 1.23 bits per heavy atom. The number of H-pyrrole nitrogens is 1. The third kappa shape index (κ3) is 2.72. The average molecular weight is 423 g/mol. The molecule has 0 atom stereocenters. The number of aromatic nitrogens is 2. The number of hydrogen-bond acceptors (Lipinski definition) is 3. The fourth-order valence-electron chi connectivity index (χ4n) is 4.82. The minimum atomic E-state index is -0.379. The molecule has 1 aliphatic rings. The van der Waals surface area contributed by atoms with Gasteiger partial charge in [0.05, 0.1) is 23.2 Å². The first-order valence-corrected chi connectivity index (χ1v) is 10.7. The van der Waals surface area contributed by atoms with Crippen LogP contribution in [0.15, 0.2) is 30.3 Å². The Kier molecular flexibility index (Phi) is 4.51. The molecule has 154 valence electrons. The molecular weight excluding hydrogens is 400 g/mol. The normalized spacial score (nSPS) is 13.7. The Bertz CT molecular complexity index is 1300. The van der Waals surface area contributed by atoms with E-state index in [-0.39, 0.29) is 11.7 Å². The van der Waals surface area contributed by atoms with E-state index >= 15 is 0 Å². The molecule has 2 aromatic carbocycles. The van der Waals surface area contributed by atoms with Crippen molar-refractivity contribution in [2.45, 2.75) is 39.5 Å².